The summed E-state index contributed by atoms with van der Waals surface area (Å²) < 4.78 is 0. The molecular weight excluding hydrogens is 1360 g/mol. The first-order chi connectivity index (χ1) is 55.2. The third-order valence-electron chi connectivity index (χ3n) is 23.8. The summed E-state index contributed by atoms with van der Waals surface area (Å²) in [6.07, 6.45) is 0. The molecule has 20 aromatic rings. The standard InChI is InChI=1S/C54H33N3.C52H35N3/c1-3-14-38-32-40(30-24-34(38)12-1)52-55-51(56-53(57-52)41-31-25-35-13-2-4-15-39(35)33-41)37-28-26-36(27-29-37)42-19-11-23-49-50(42)45-18-7-10-22-48(45)54(49)46-20-8-5-16-43(46)44-17-6-9-21-47(44)54;1-52(2)47-22-12-11-21-43(47)44-28-27-34(31-48(44)52)32-23-25-33(26-24-32)49-53-50(45-29-35-13-3-5-15-37(35)39-17-7-9-19-41(39)45)55-51(54-49)46-30-36-14-4-6-16-38(36)40-18-8-10-20-42(40)46/h1-33H;3-31H,1-2H3. The maximum Gasteiger partial charge on any atom is 0.164 e. The van der Waals surface area contributed by atoms with Crippen molar-refractivity contribution in [3.8, 4) is 124 Å². The summed E-state index contributed by atoms with van der Waals surface area (Å²) in [5.74, 6) is 3.90. The van der Waals surface area contributed by atoms with E-state index in [1.165, 1.54) is 110 Å². The highest BCUT2D eigenvalue weighted by Gasteiger charge is 2.52. The van der Waals surface area contributed by atoms with Gasteiger partial charge in [-0.25, -0.2) is 29.9 Å². The second kappa shape index (κ2) is 25.6. The second-order valence-electron chi connectivity index (χ2n) is 30.3. The number of nitrogens with zero attached hydrogens (tertiary/aromatic N) is 6. The van der Waals surface area contributed by atoms with Gasteiger partial charge >= 0.3 is 0 Å². The van der Waals surface area contributed by atoms with Crippen LogP contribution in [-0.4, -0.2) is 29.9 Å². The zero-order chi connectivity index (χ0) is 74.2. The summed E-state index contributed by atoms with van der Waals surface area (Å²) in [7, 11) is 0. The van der Waals surface area contributed by atoms with Gasteiger partial charge < -0.3 is 0 Å². The molecule has 112 heavy (non-hydrogen) atoms. The van der Waals surface area contributed by atoms with E-state index in [1.54, 1.807) is 0 Å². The molecule has 18 aromatic carbocycles. The van der Waals surface area contributed by atoms with E-state index < -0.39 is 0 Å². The molecule has 2 heterocycles. The molecule has 0 saturated carbocycles. The first-order valence-corrected chi connectivity index (χ1v) is 38.5. The van der Waals surface area contributed by atoms with Gasteiger partial charge in [0, 0.05) is 38.8 Å². The maximum absolute atomic E-state index is 5.32. The lowest BCUT2D eigenvalue weighted by molar-refractivity contribution is 0.660. The summed E-state index contributed by atoms with van der Waals surface area (Å²) in [6, 6.07) is 135. The molecule has 0 N–H and O–H groups in total. The Bertz CT molecular complexity index is 7020. The van der Waals surface area contributed by atoms with Crippen LogP contribution in [0.1, 0.15) is 47.2 Å². The fourth-order valence-electron chi connectivity index (χ4n) is 18.5. The van der Waals surface area contributed by atoms with Crippen molar-refractivity contribution in [3.63, 3.8) is 0 Å². The average molecular weight is 1430 g/mol. The number of hydrogen-bond acceptors (Lipinski definition) is 6. The van der Waals surface area contributed by atoms with E-state index in [-0.39, 0.29) is 10.8 Å². The molecule has 0 radical (unpaired) electrons. The average Bonchev–Trinajstić information content (AvgIpc) is 1.50. The van der Waals surface area contributed by atoms with Crippen molar-refractivity contribution in [3.05, 3.63) is 409 Å². The van der Waals surface area contributed by atoms with Crippen LogP contribution < -0.4 is 0 Å². The Morgan fingerprint density at radius 2 is 0.500 bits per heavy atom. The molecular formula is C106H68N6. The Morgan fingerprint density at radius 1 is 0.170 bits per heavy atom. The maximum atomic E-state index is 5.32. The van der Waals surface area contributed by atoms with Crippen LogP contribution in [-0.2, 0) is 10.8 Å². The first kappa shape index (κ1) is 64.7. The van der Waals surface area contributed by atoms with Crippen LogP contribution in [0.4, 0.5) is 0 Å². The molecule has 0 unspecified atom stereocenters. The number of benzene rings is 18. The number of rotatable bonds is 8. The number of fused-ring (bicyclic) bond motifs is 21. The van der Waals surface area contributed by atoms with Crippen LogP contribution in [0.25, 0.3) is 189 Å². The third kappa shape index (κ3) is 10.3. The minimum absolute atomic E-state index is 0.0561. The normalized spacial score (nSPS) is 13.1. The van der Waals surface area contributed by atoms with Crippen LogP contribution in [0.5, 0.6) is 0 Å². The largest absolute Gasteiger partial charge is 0.208 e. The predicted molar refractivity (Wildman–Crippen MR) is 462 cm³/mol. The van der Waals surface area contributed by atoms with Crippen LogP contribution in [0.3, 0.4) is 0 Å². The van der Waals surface area contributed by atoms with Gasteiger partial charge in [-0.1, -0.05) is 360 Å². The molecule has 3 aliphatic rings. The van der Waals surface area contributed by atoms with Gasteiger partial charge in [-0.15, -0.1) is 0 Å². The summed E-state index contributed by atoms with van der Waals surface area (Å²) in [6.45, 7) is 4.66. The van der Waals surface area contributed by atoms with Crippen molar-refractivity contribution in [2.24, 2.45) is 0 Å². The minimum Gasteiger partial charge on any atom is -0.208 e. The SMILES string of the molecule is CC1(C)c2ccccc2-c2ccc(-c3ccc(-c4nc(-c5cc6ccccc6c6ccccc56)nc(-c5cc6ccccc6c6ccccc56)n4)cc3)cc21.c1ccc2c(c1)-c1ccccc1C21c2ccccc2-c2c(-c3ccc(-c4nc(-c5ccc6ccccc6c5)nc(-c5ccc6ccccc6c5)n4)cc3)cccc21. The molecule has 23 rings (SSSR count). The topological polar surface area (TPSA) is 77.3 Å². The van der Waals surface area contributed by atoms with E-state index in [9.17, 15) is 0 Å². The molecule has 0 bridgehead atoms. The second-order valence-corrected chi connectivity index (χ2v) is 30.3. The van der Waals surface area contributed by atoms with Crippen LogP contribution in [0.15, 0.2) is 376 Å². The van der Waals surface area contributed by atoms with Gasteiger partial charge in [0.25, 0.3) is 0 Å². The van der Waals surface area contributed by atoms with E-state index in [4.69, 9.17) is 29.9 Å². The summed E-state index contributed by atoms with van der Waals surface area (Å²) >= 11 is 0. The molecule has 0 saturated heterocycles. The molecule has 3 aliphatic carbocycles. The molecule has 0 amide bonds. The Kier molecular flexibility index (Phi) is 14.8. The number of aromatic nitrogens is 6. The lowest BCUT2D eigenvalue weighted by Gasteiger charge is -2.30. The lowest BCUT2D eigenvalue weighted by atomic mass is 9.70. The van der Waals surface area contributed by atoms with Crippen molar-refractivity contribution in [2.75, 3.05) is 0 Å². The van der Waals surface area contributed by atoms with Gasteiger partial charge in [0.05, 0.1) is 5.41 Å². The first-order valence-electron chi connectivity index (χ1n) is 38.5. The monoisotopic (exact) mass is 1420 g/mol. The highest BCUT2D eigenvalue weighted by Crippen LogP contribution is 2.64. The molecule has 2 aromatic heterocycles. The van der Waals surface area contributed by atoms with Gasteiger partial charge in [0.2, 0.25) is 0 Å². The third-order valence-corrected chi connectivity index (χ3v) is 23.8. The molecule has 6 nitrogen and oxygen atoms in total. The smallest absolute Gasteiger partial charge is 0.164 e. The zero-order valence-electron chi connectivity index (χ0n) is 61.5. The van der Waals surface area contributed by atoms with Crippen molar-refractivity contribution in [1.29, 1.82) is 0 Å². The van der Waals surface area contributed by atoms with E-state index >= 15 is 0 Å². The zero-order valence-corrected chi connectivity index (χ0v) is 61.5. The van der Waals surface area contributed by atoms with Crippen LogP contribution in [0, 0.1) is 0 Å². The van der Waals surface area contributed by atoms with Gasteiger partial charge in [0.15, 0.2) is 34.9 Å². The van der Waals surface area contributed by atoms with Gasteiger partial charge in [-0.3, -0.25) is 0 Å². The van der Waals surface area contributed by atoms with E-state index in [0.717, 1.165) is 76.8 Å². The fraction of sp³-hybridized carbons (Fsp3) is 0.0377. The van der Waals surface area contributed by atoms with Gasteiger partial charge in [0.1, 0.15) is 0 Å². The van der Waals surface area contributed by atoms with E-state index in [0.29, 0.717) is 34.9 Å². The van der Waals surface area contributed by atoms with Crippen molar-refractivity contribution in [2.45, 2.75) is 24.7 Å². The Labute approximate surface area is 648 Å². The van der Waals surface area contributed by atoms with Crippen LogP contribution in [0.2, 0.25) is 0 Å². The highest BCUT2D eigenvalue weighted by molar-refractivity contribution is 6.15. The molecule has 0 atom stereocenters. The predicted octanol–water partition coefficient (Wildman–Crippen LogP) is 26.6. The summed E-state index contributed by atoms with van der Waals surface area (Å²) in [5.41, 5.74) is 26.1. The molecule has 6 heteroatoms. The fourth-order valence-corrected chi connectivity index (χ4v) is 18.5. The lowest BCUT2D eigenvalue weighted by Crippen LogP contribution is -2.25. The van der Waals surface area contributed by atoms with Gasteiger partial charge in [-0.2, -0.15) is 0 Å². The van der Waals surface area contributed by atoms with Gasteiger partial charge in [-0.05, 0) is 184 Å². The van der Waals surface area contributed by atoms with E-state index in [1.807, 2.05) is 0 Å². The summed E-state index contributed by atoms with van der Waals surface area (Å²) in [5, 5.41) is 14.0. The molecule has 522 valence electrons. The Hall–Kier alpha value is -14.5. The quantitative estimate of drug-likeness (QED) is 0.141. The molecule has 0 aliphatic heterocycles. The highest BCUT2D eigenvalue weighted by atomic mass is 15.0. The Balaban J connectivity index is 0.000000137. The molecule has 1 spiro atoms. The van der Waals surface area contributed by atoms with E-state index in [2.05, 4.69) is 390 Å². The van der Waals surface area contributed by atoms with Crippen LogP contribution >= 0.6 is 0 Å². The van der Waals surface area contributed by atoms with Crippen molar-refractivity contribution in [1.82, 2.24) is 29.9 Å². The number of hydrogen-bond donors (Lipinski definition) is 0. The minimum atomic E-state index is -0.377. The Morgan fingerprint density at radius 3 is 1.02 bits per heavy atom. The van der Waals surface area contributed by atoms with Crippen molar-refractivity contribution < 1.29 is 0 Å². The molecule has 0 fully saturated rings. The summed E-state index contributed by atoms with van der Waals surface area (Å²) in [4.78, 5) is 31.2. The van der Waals surface area contributed by atoms with Crippen molar-refractivity contribution >= 4 is 64.6 Å².